The van der Waals surface area contributed by atoms with Gasteiger partial charge in [-0.1, -0.05) is 29.8 Å². The number of amides is 1. The summed E-state index contributed by atoms with van der Waals surface area (Å²) in [5, 5.41) is 11.3. The Morgan fingerprint density at radius 1 is 1.09 bits per heavy atom. The van der Waals surface area contributed by atoms with E-state index in [0.29, 0.717) is 17.9 Å². The molecule has 0 unspecified atom stereocenters. The van der Waals surface area contributed by atoms with E-state index in [1.807, 2.05) is 77.0 Å². The van der Waals surface area contributed by atoms with Crippen molar-refractivity contribution in [2.75, 3.05) is 27.2 Å². The van der Waals surface area contributed by atoms with Crippen molar-refractivity contribution in [3.63, 3.8) is 0 Å². The largest absolute Gasteiger partial charge is 0.507 e. The molecule has 1 heterocycles. The molecule has 1 amide bonds. The van der Waals surface area contributed by atoms with Crippen molar-refractivity contribution in [3.05, 3.63) is 70.3 Å². The lowest BCUT2D eigenvalue weighted by atomic mass is 9.93. The van der Waals surface area contributed by atoms with E-state index in [4.69, 9.17) is 4.74 Å². The van der Waals surface area contributed by atoms with Crippen LogP contribution in [0.2, 0.25) is 0 Å². The van der Waals surface area contributed by atoms with Gasteiger partial charge in [-0.05, 0) is 84.1 Å². The Morgan fingerprint density at radius 2 is 1.76 bits per heavy atom. The summed E-state index contributed by atoms with van der Waals surface area (Å²) in [4.78, 5) is 29.8. The SMILES string of the molecule is Cc1ccc([C@@H]2C(=C(O)c3ccc(OC(C)C)cc3C)C(=O)C(=O)N2CCCN(C)C)cc1. The highest BCUT2D eigenvalue weighted by molar-refractivity contribution is 6.46. The number of nitrogens with zero attached hydrogens (tertiary/aromatic N) is 2. The number of hydrogen-bond donors (Lipinski definition) is 1. The molecule has 1 saturated heterocycles. The molecule has 6 heteroatoms. The second kappa shape index (κ2) is 10.2. The van der Waals surface area contributed by atoms with Gasteiger partial charge in [0.05, 0.1) is 17.7 Å². The average Bonchev–Trinajstić information content (AvgIpc) is 2.98. The molecule has 33 heavy (non-hydrogen) atoms. The molecule has 0 bridgehead atoms. The smallest absolute Gasteiger partial charge is 0.295 e. The number of carbonyl (C=O) groups is 2. The molecule has 0 radical (unpaired) electrons. The first-order valence-electron chi connectivity index (χ1n) is 11.4. The summed E-state index contributed by atoms with van der Waals surface area (Å²) in [6.07, 6.45) is 0.751. The maximum atomic E-state index is 13.2. The zero-order valence-corrected chi connectivity index (χ0v) is 20.4. The van der Waals surface area contributed by atoms with Gasteiger partial charge < -0.3 is 19.6 Å². The first kappa shape index (κ1) is 24.5. The maximum absolute atomic E-state index is 13.2. The molecular weight excluding hydrogens is 416 g/mol. The van der Waals surface area contributed by atoms with Gasteiger partial charge in [0.15, 0.2) is 0 Å². The third-order valence-corrected chi connectivity index (χ3v) is 5.76. The number of ether oxygens (including phenoxy) is 1. The predicted octanol–water partition coefficient (Wildman–Crippen LogP) is 4.46. The van der Waals surface area contributed by atoms with Crippen molar-refractivity contribution >= 4 is 17.4 Å². The van der Waals surface area contributed by atoms with Crippen LogP contribution in [-0.4, -0.2) is 59.9 Å². The molecule has 1 aliphatic rings. The number of likely N-dealkylation sites (tertiary alicyclic amines) is 1. The molecule has 0 saturated carbocycles. The first-order chi connectivity index (χ1) is 15.6. The maximum Gasteiger partial charge on any atom is 0.295 e. The van der Waals surface area contributed by atoms with Gasteiger partial charge in [-0.3, -0.25) is 9.59 Å². The van der Waals surface area contributed by atoms with E-state index < -0.39 is 17.7 Å². The van der Waals surface area contributed by atoms with E-state index in [2.05, 4.69) is 0 Å². The van der Waals surface area contributed by atoms with Crippen LogP contribution in [0, 0.1) is 13.8 Å². The Morgan fingerprint density at radius 3 is 2.33 bits per heavy atom. The summed E-state index contributed by atoms with van der Waals surface area (Å²) in [5.41, 5.74) is 3.32. The fraction of sp³-hybridized carbons (Fsp3) is 0.407. The molecule has 176 valence electrons. The molecule has 1 fully saturated rings. The van der Waals surface area contributed by atoms with E-state index in [1.54, 1.807) is 17.0 Å². The van der Waals surface area contributed by atoms with Crippen molar-refractivity contribution in [1.29, 1.82) is 0 Å². The lowest BCUT2D eigenvalue weighted by molar-refractivity contribution is -0.139. The van der Waals surface area contributed by atoms with Crippen molar-refractivity contribution in [2.45, 2.75) is 46.3 Å². The van der Waals surface area contributed by atoms with Crippen molar-refractivity contribution in [3.8, 4) is 5.75 Å². The highest BCUT2D eigenvalue weighted by Crippen LogP contribution is 2.40. The molecule has 1 N–H and O–H groups in total. The lowest BCUT2D eigenvalue weighted by Crippen LogP contribution is -2.32. The molecule has 1 aliphatic heterocycles. The summed E-state index contributed by atoms with van der Waals surface area (Å²) >= 11 is 0. The average molecular weight is 451 g/mol. The third kappa shape index (κ3) is 5.45. The third-order valence-electron chi connectivity index (χ3n) is 5.76. The highest BCUT2D eigenvalue weighted by Gasteiger charge is 2.45. The quantitative estimate of drug-likeness (QED) is 0.365. The van der Waals surface area contributed by atoms with Gasteiger partial charge >= 0.3 is 0 Å². The van der Waals surface area contributed by atoms with E-state index in [-0.39, 0.29) is 17.4 Å². The van der Waals surface area contributed by atoms with E-state index in [9.17, 15) is 14.7 Å². The zero-order chi connectivity index (χ0) is 24.3. The van der Waals surface area contributed by atoms with Crippen LogP contribution in [0.1, 0.15) is 48.6 Å². The van der Waals surface area contributed by atoms with Crippen LogP contribution in [0.25, 0.3) is 5.76 Å². The Hall–Kier alpha value is -3.12. The lowest BCUT2D eigenvalue weighted by Gasteiger charge is -2.26. The van der Waals surface area contributed by atoms with Crippen LogP contribution in [0.15, 0.2) is 48.0 Å². The van der Waals surface area contributed by atoms with Gasteiger partial charge in [0, 0.05) is 12.1 Å². The fourth-order valence-electron chi connectivity index (χ4n) is 4.16. The molecule has 0 spiro atoms. The van der Waals surface area contributed by atoms with E-state index in [1.165, 1.54) is 0 Å². The molecule has 0 aromatic heterocycles. The Kier molecular flexibility index (Phi) is 7.59. The standard InChI is InChI=1S/C27H34N2O4/c1-17(2)33-21-12-13-22(19(4)16-21)25(30)23-24(20-10-8-18(3)9-11-20)29(27(32)26(23)31)15-7-14-28(5)6/h8-13,16-17,24,30H,7,14-15H2,1-6H3/t24-/m1/s1. The number of benzene rings is 2. The number of Topliss-reactive ketones (excluding diaryl/α,β-unsaturated/α-hetero) is 1. The molecular formula is C27H34N2O4. The number of hydrogen-bond acceptors (Lipinski definition) is 5. The van der Waals surface area contributed by atoms with Crippen LogP contribution in [0.5, 0.6) is 5.75 Å². The predicted molar refractivity (Wildman–Crippen MR) is 130 cm³/mol. The minimum atomic E-state index is -0.648. The number of aliphatic hydroxyl groups is 1. The number of aryl methyl sites for hydroxylation is 2. The van der Waals surface area contributed by atoms with Crippen LogP contribution >= 0.6 is 0 Å². The molecule has 2 aromatic rings. The minimum Gasteiger partial charge on any atom is -0.507 e. The molecule has 1 atom stereocenters. The summed E-state index contributed by atoms with van der Waals surface area (Å²) in [6.45, 7) is 8.96. The molecule has 6 nitrogen and oxygen atoms in total. The van der Waals surface area contributed by atoms with Gasteiger partial charge in [0.1, 0.15) is 11.5 Å². The zero-order valence-electron chi connectivity index (χ0n) is 20.4. The van der Waals surface area contributed by atoms with Crippen molar-refractivity contribution in [2.24, 2.45) is 0 Å². The fourth-order valence-corrected chi connectivity index (χ4v) is 4.16. The summed E-state index contributed by atoms with van der Waals surface area (Å²) in [6, 6.07) is 12.5. The van der Waals surface area contributed by atoms with Crippen LogP contribution in [0.3, 0.4) is 0 Å². The number of rotatable bonds is 8. The second-order valence-electron chi connectivity index (χ2n) is 9.20. The Bertz CT molecular complexity index is 1050. The normalized spacial score (nSPS) is 17.9. The number of ketones is 1. The minimum absolute atomic E-state index is 0.0258. The van der Waals surface area contributed by atoms with Gasteiger partial charge in [-0.25, -0.2) is 0 Å². The highest BCUT2D eigenvalue weighted by atomic mass is 16.5. The Labute approximate surface area is 196 Å². The van der Waals surface area contributed by atoms with E-state index in [0.717, 1.165) is 29.7 Å². The topological polar surface area (TPSA) is 70.1 Å². The second-order valence-corrected chi connectivity index (χ2v) is 9.20. The van der Waals surface area contributed by atoms with Gasteiger partial charge in [0.2, 0.25) is 0 Å². The van der Waals surface area contributed by atoms with Crippen molar-refractivity contribution in [1.82, 2.24) is 9.80 Å². The number of aliphatic hydroxyl groups excluding tert-OH is 1. The number of carbonyl (C=O) groups excluding carboxylic acids is 2. The van der Waals surface area contributed by atoms with Gasteiger partial charge in [-0.2, -0.15) is 0 Å². The van der Waals surface area contributed by atoms with E-state index >= 15 is 0 Å². The van der Waals surface area contributed by atoms with Crippen LogP contribution < -0.4 is 4.74 Å². The molecule has 0 aliphatic carbocycles. The monoisotopic (exact) mass is 450 g/mol. The van der Waals surface area contributed by atoms with Gasteiger partial charge in [-0.15, -0.1) is 0 Å². The Balaban J connectivity index is 2.08. The van der Waals surface area contributed by atoms with Gasteiger partial charge in [0.25, 0.3) is 11.7 Å². The van der Waals surface area contributed by atoms with Crippen molar-refractivity contribution < 1.29 is 19.4 Å². The summed E-state index contributed by atoms with van der Waals surface area (Å²) < 4.78 is 5.74. The summed E-state index contributed by atoms with van der Waals surface area (Å²) in [7, 11) is 3.95. The summed E-state index contributed by atoms with van der Waals surface area (Å²) in [5.74, 6) is -0.677. The molecule has 2 aromatic carbocycles. The van der Waals surface area contributed by atoms with Crippen LogP contribution in [-0.2, 0) is 9.59 Å². The first-order valence-corrected chi connectivity index (χ1v) is 11.4. The van der Waals surface area contributed by atoms with Crippen LogP contribution in [0.4, 0.5) is 0 Å². The molecule has 3 rings (SSSR count).